The number of rotatable bonds is 8. The van der Waals surface area contributed by atoms with Crippen LogP contribution in [0.5, 0.6) is 11.5 Å². The zero-order valence-corrected chi connectivity index (χ0v) is 20.5. The summed E-state index contributed by atoms with van der Waals surface area (Å²) in [7, 11) is -3.42. The van der Waals surface area contributed by atoms with E-state index in [4.69, 9.17) is 4.74 Å². The third kappa shape index (κ3) is 5.59. The third-order valence-corrected chi connectivity index (χ3v) is 8.23. The van der Waals surface area contributed by atoms with E-state index in [-0.39, 0.29) is 0 Å². The van der Waals surface area contributed by atoms with Crippen LogP contribution in [0.2, 0.25) is 0 Å². The van der Waals surface area contributed by atoms with Crippen LogP contribution in [0.1, 0.15) is 18.4 Å². The van der Waals surface area contributed by atoms with Crippen LogP contribution in [0.25, 0.3) is 11.3 Å². The summed E-state index contributed by atoms with van der Waals surface area (Å²) in [5.41, 5.74) is 5.46. The average Bonchev–Trinajstić information content (AvgIpc) is 3.59. The van der Waals surface area contributed by atoms with Crippen molar-refractivity contribution in [2.75, 3.05) is 18.5 Å². The second-order valence-corrected chi connectivity index (χ2v) is 10.8. The van der Waals surface area contributed by atoms with Gasteiger partial charge in [-0.1, -0.05) is 42.5 Å². The quantitative estimate of drug-likeness (QED) is 0.241. The van der Waals surface area contributed by atoms with Crippen molar-refractivity contribution in [1.29, 1.82) is 0 Å². The first-order valence-electron chi connectivity index (χ1n) is 11.3. The van der Waals surface area contributed by atoms with Crippen molar-refractivity contribution in [1.82, 2.24) is 9.29 Å². The van der Waals surface area contributed by atoms with Crippen LogP contribution in [0.3, 0.4) is 0 Å². The fourth-order valence-corrected chi connectivity index (χ4v) is 5.96. The Bertz CT molecular complexity index is 1410. The van der Waals surface area contributed by atoms with E-state index in [1.54, 1.807) is 34.8 Å². The smallest absolute Gasteiger partial charge is 0.243 e. The summed E-state index contributed by atoms with van der Waals surface area (Å²) >= 11 is 1.43. The van der Waals surface area contributed by atoms with Gasteiger partial charge in [0.25, 0.3) is 0 Å². The van der Waals surface area contributed by atoms with E-state index in [1.807, 2.05) is 60.0 Å². The highest BCUT2D eigenvalue weighted by atomic mass is 32.2. The number of aromatic nitrogens is 1. The molecule has 3 aromatic carbocycles. The number of thiazole rings is 1. The molecule has 1 fully saturated rings. The van der Waals surface area contributed by atoms with Crippen molar-refractivity contribution in [2.45, 2.75) is 17.7 Å². The highest BCUT2D eigenvalue weighted by molar-refractivity contribution is 7.89. The minimum atomic E-state index is -3.42. The summed E-state index contributed by atoms with van der Waals surface area (Å²) in [5, 5.41) is 6.84. The second kappa shape index (κ2) is 10.4. The van der Waals surface area contributed by atoms with Crippen molar-refractivity contribution in [3.8, 4) is 22.8 Å². The largest absolute Gasteiger partial charge is 0.457 e. The lowest BCUT2D eigenvalue weighted by atomic mass is 10.2. The number of ether oxygens (including phenoxy) is 1. The molecule has 35 heavy (non-hydrogen) atoms. The van der Waals surface area contributed by atoms with Gasteiger partial charge in [-0.25, -0.2) is 13.4 Å². The molecule has 0 radical (unpaired) electrons. The molecule has 0 aliphatic carbocycles. The number of sulfonamides is 1. The van der Waals surface area contributed by atoms with E-state index in [1.165, 1.54) is 11.3 Å². The van der Waals surface area contributed by atoms with E-state index in [0.29, 0.717) is 23.1 Å². The Morgan fingerprint density at radius 3 is 2.46 bits per heavy atom. The van der Waals surface area contributed by atoms with Gasteiger partial charge in [-0.3, -0.25) is 5.43 Å². The molecule has 0 atom stereocenters. The topological polar surface area (TPSA) is 83.9 Å². The molecule has 1 saturated heterocycles. The Morgan fingerprint density at radius 1 is 0.943 bits per heavy atom. The van der Waals surface area contributed by atoms with Crippen molar-refractivity contribution in [2.24, 2.45) is 5.10 Å². The highest BCUT2D eigenvalue weighted by Crippen LogP contribution is 2.28. The van der Waals surface area contributed by atoms with E-state index < -0.39 is 10.0 Å². The van der Waals surface area contributed by atoms with Crippen LogP contribution in [0.4, 0.5) is 5.13 Å². The molecule has 1 aliphatic rings. The Kier molecular flexibility index (Phi) is 6.89. The molecule has 9 heteroatoms. The number of para-hydroxylation sites is 1. The van der Waals surface area contributed by atoms with E-state index in [0.717, 1.165) is 41.2 Å². The first kappa shape index (κ1) is 23.2. The van der Waals surface area contributed by atoms with E-state index in [2.05, 4.69) is 15.5 Å². The Hall–Kier alpha value is -3.53. The average molecular weight is 505 g/mol. The van der Waals surface area contributed by atoms with Crippen LogP contribution >= 0.6 is 11.3 Å². The fraction of sp³-hybridized carbons (Fsp3) is 0.154. The zero-order chi connectivity index (χ0) is 24.1. The van der Waals surface area contributed by atoms with Gasteiger partial charge >= 0.3 is 0 Å². The summed E-state index contributed by atoms with van der Waals surface area (Å²) in [4.78, 5) is 4.88. The van der Waals surface area contributed by atoms with Gasteiger partial charge in [0.1, 0.15) is 11.5 Å². The van der Waals surface area contributed by atoms with Gasteiger partial charge in [0.15, 0.2) is 0 Å². The number of hydrogen-bond donors (Lipinski definition) is 1. The standard InChI is InChI=1S/C26H24N4O3S2/c31-35(32,30-15-4-5-16-30)24-13-11-21(12-14-24)25-19-34-26(28-25)29-27-18-20-7-6-10-23(17-20)33-22-8-2-1-3-9-22/h1-3,6-14,17-19H,4-5,15-16H2,(H,28,29). The SMILES string of the molecule is O=S(=O)(c1ccc(-c2csc(NN=Cc3cccc(Oc4ccccc4)c3)n2)cc1)N1CCCC1. The molecule has 0 spiro atoms. The van der Waals surface area contributed by atoms with Crippen LogP contribution in [-0.4, -0.2) is 37.0 Å². The molecular weight excluding hydrogens is 480 g/mol. The highest BCUT2D eigenvalue weighted by Gasteiger charge is 2.27. The fourth-order valence-electron chi connectivity index (χ4n) is 3.78. The molecule has 178 valence electrons. The lowest BCUT2D eigenvalue weighted by Gasteiger charge is -2.15. The minimum Gasteiger partial charge on any atom is -0.457 e. The van der Waals surface area contributed by atoms with Crippen LogP contribution in [-0.2, 0) is 10.0 Å². The zero-order valence-electron chi connectivity index (χ0n) is 18.9. The predicted molar refractivity (Wildman–Crippen MR) is 140 cm³/mol. The lowest BCUT2D eigenvalue weighted by molar-refractivity contribution is 0.477. The minimum absolute atomic E-state index is 0.319. The second-order valence-electron chi connectivity index (χ2n) is 8.03. The maximum Gasteiger partial charge on any atom is 0.243 e. The van der Waals surface area contributed by atoms with E-state index in [9.17, 15) is 8.42 Å². The van der Waals surface area contributed by atoms with Gasteiger partial charge in [-0.05, 0) is 54.8 Å². The van der Waals surface area contributed by atoms with Gasteiger partial charge in [0, 0.05) is 24.0 Å². The number of anilines is 1. The molecule has 0 amide bonds. The number of nitrogens with zero attached hydrogens (tertiary/aromatic N) is 3. The molecule has 1 N–H and O–H groups in total. The van der Waals surface area contributed by atoms with Crippen LogP contribution in [0, 0.1) is 0 Å². The molecule has 0 unspecified atom stereocenters. The van der Waals surface area contributed by atoms with Crippen molar-refractivity contribution < 1.29 is 13.2 Å². The molecular formula is C26H24N4O3S2. The number of nitrogens with one attached hydrogen (secondary N) is 1. The van der Waals surface area contributed by atoms with Gasteiger partial charge in [-0.15, -0.1) is 11.3 Å². The number of hydrogen-bond acceptors (Lipinski definition) is 7. The first-order chi connectivity index (χ1) is 17.1. The molecule has 5 rings (SSSR count). The van der Waals surface area contributed by atoms with Crippen LogP contribution < -0.4 is 10.2 Å². The van der Waals surface area contributed by atoms with Crippen molar-refractivity contribution in [3.05, 3.63) is 89.8 Å². The van der Waals surface area contributed by atoms with Gasteiger partial charge in [-0.2, -0.15) is 9.41 Å². The van der Waals surface area contributed by atoms with E-state index >= 15 is 0 Å². The molecule has 1 aliphatic heterocycles. The van der Waals surface area contributed by atoms with Crippen molar-refractivity contribution >= 4 is 32.7 Å². The van der Waals surface area contributed by atoms with Crippen LogP contribution in [0.15, 0.2) is 94.2 Å². The lowest BCUT2D eigenvalue weighted by Crippen LogP contribution is -2.27. The maximum atomic E-state index is 12.7. The Morgan fingerprint density at radius 2 is 1.69 bits per heavy atom. The summed E-state index contributed by atoms with van der Waals surface area (Å²) in [6.45, 7) is 1.19. The van der Waals surface area contributed by atoms with Gasteiger partial charge < -0.3 is 4.74 Å². The number of hydrazone groups is 1. The monoisotopic (exact) mass is 504 g/mol. The number of benzene rings is 3. The van der Waals surface area contributed by atoms with Gasteiger partial charge in [0.05, 0.1) is 16.8 Å². The predicted octanol–water partition coefficient (Wildman–Crippen LogP) is 5.83. The molecule has 0 saturated carbocycles. The summed E-state index contributed by atoms with van der Waals surface area (Å²) in [6, 6.07) is 24.2. The maximum absolute atomic E-state index is 12.7. The molecule has 0 bridgehead atoms. The summed E-state index contributed by atoms with van der Waals surface area (Å²) in [5.74, 6) is 1.50. The van der Waals surface area contributed by atoms with Gasteiger partial charge in [0.2, 0.25) is 15.2 Å². The Balaban J connectivity index is 1.21. The first-order valence-corrected chi connectivity index (χ1v) is 13.6. The summed E-state index contributed by atoms with van der Waals surface area (Å²) in [6.07, 6.45) is 3.54. The normalized spacial score (nSPS) is 14.4. The molecule has 2 heterocycles. The summed E-state index contributed by atoms with van der Waals surface area (Å²) < 4.78 is 32.8. The van der Waals surface area contributed by atoms with Crippen molar-refractivity contribution in [3.63, 3.8) is 0 Å². The molecule has 4 aromatic rings. The Labute approximate surface area is 208 Å². The third-order valence-electron chi connectivity index (χ3n) is 5.57. The molecule has 1 aromatic heterocycles. The molecule has 7 nitrogen and oxygen atoms in total.